The van der Waals surface area contributed by atoms with Gasteiger partial charge in [0.1, 0.15) is 5.78 Å². The molecule has 0 aromatic heterocycles. The monoisotopic (exact) mass is 166 g/mol. The lowest BCUT2D eigenvalue weighted by Crippen LogP contribution is -1.88. The van der Waals surface area contributed by atoms with Crippen LogP contribution in [-0.4, -0.2) is 5.78 Å². The smallest absolute Gasteiger partial charge is 0.132 e. The van der Waals surface area contributed by atoms with E-state index in [1.54, 1.807) is 0 Å². The van der Waals surface area contributed by atoms with Crippen LogP contribution in [-0.2, 0) is 4.79 Å². The third-order valence-electron chi connectivity index (χ3n) is 0.789. The summed E-state index contributed by atoms with van der Waals surface area (Å²) in [4.78, 5) is 10.2. The summed E-state index contributed by atoms with van der Waals surface area (Å²) in [5.41, 5.74) is 0. The predicted octanol–water partition coefficient (Wildman–Crippen LogP) is 1.95. The average molecular weight is 167 g/mol. The SMILES string of the molecule is Br.CCC(=O)CC. The van der Waals surface area contributed by atoms with Crippen molar-refractivity contribution >= 4 is 22.8 Å². The van der Waals surface area contributed by atoms with Gasteiger partial charge in [-0.05, 0) is 0 Å². The Bertz CT molecular complexity index is 46.0. The Morgan fingerprint density at radius 3 is 1.57 bits per heavy atom. The van der Waals surface area contributed by atoms with E-state index < -0.39 is 0 Å². The Morgan fingerprint density at radius 1 is 1.29 bits per heavy atom. The van der Waals surface area contributed by atoms with Crippen LogP contribution in [0.25, 0.3) is 0 Å². The van der Waals surface area contributed by atoms with Gasteiger partial charge in [0.15, 0.2) is 0 Å². The fraction of sp³-hybridized carbons (Fsp3) is 0.800. The van der Waals surface area contributed by atoms with E-state index in [0.717, 1.165) is 0 Å². The minimum absolute atomic E-state index is 0. The summed E-state index contributed by atoms with van der Waals surface area (Å²) in [5, 5.41) is 0. The van der Waals surface area contributed by atoms with Gasteiger partial charge in [-0.25, -0.2) is 0 Å². The average Bonchev–Trinajstić information content (AvgIpc) is 1.65. The van der Waals surface area contributed by atoms with E-state index >= 15 is 0 Å². The molecule has 0 heterocycles. The van der Waals surface area contributed by atoms with Crippen molar-refractivity contribution < 1.29 is 4.79 Å². The lowest BCUT2D eigenvalue weighted by molar-refractivity contribution is -0.118. The molecule has 0 aromatic rings. The van der Waals surface area contributed by atoms with Crippen molar-refractivity contribution in [3.8, 4) is 0 Å². The molecule has 0 spiro atoms. The lowest BCUT2D eigenvalue weighted by atomic mass is 10.3. The van der Waals surface area contributed by atoms with E-state index in [1.165, 1.54) is 0 Å². The van der Waals surface area contributed by atoms with Crippen molar-refractivity contribution in [2.45, 2.75) is 26.7 Å². The topological polar surface area (TPSA) is 17.1 Å². The minimum Gasteiger partial charge on any atom is -0.300 e. The van der Waals surface area contributed by atoms with Crippen LogP contribution in [0.4, 0.5) is 0 Å². The molecule has 0 aliphatic rings. The Kier molecular flexibility index (Phi) is 8.96. The van der Waals surface area contributed by atoms with Gasteiger partial charge in [-0.2, -0.15) is 0 Å². The number of ketones is 1. The fourth-order valence-electron chi connectivity index (χ4n) is 0.250. The van der Waals surface area contributed by atoms with Crippen molar-refractivity contribution in [3.05, 3.63) is 0 Å². The van der Waals surface area contributed by atoms with Crippen molar-refractivity contribution in [1.82, 2.24) is 0 Å². The minimum atomic E-state index is 0. The summed E-state index contributed by atoms with van der Waals surface area (Å²) in [5.74, 6) is 0.343. The second-order valence-electron chi connectivity index (χ2n) is 1.25. The van der Waals surface area contributed by atoms with Crippen molar-refractivity contribution in [2.75, 3.05) is 0 Å². The van der Waals surface area contributed by atoms with Gasteiger partial charge in [-0.15, -0.1) is 17.0 Å². The Balaban J connectivity index is 0. The largest absolute Gasteiger partial charge is 0.300 e. The van der Waals surface area contributed by atoms with Gasteiger partial charge < -0.3 is 0 Å². The van der Waals surface area contributed by atoms with Gasteiger partial charge in [0.05, 0.1) is 0 Å². The van der Waals surface area contributed by atoms with Gasteiger partial charge in [0.2, 0.25) is 0 Å². The first-order valence-electron chi connectivity index (χ1n) is 2.33. The second-order valence-corrected chi connectivity index (χ2v) is 1.25. The lowest BCUT2D eigenvalue weighted by Gasteiger charge is -1.81. The van der Waals surface area contributed by atoms with Crippen molar-refractivity contribution in [2.24, 2.45) is 0 Å². The molecule has 0 aliphatic carbocycles. The molecule has 0 amide bonds. The maximum Gasteiger partial charge on any atom is 0.132 e. The molecule has 44 valence electrons. The molecule has 0 saturated carbocycles. The highest BCUT2D eigenvalue weighted by molar-refractivity contribution is 8.93. The van der Waals surface area contributed by atoms with Gasteiger partial charge >= 0.3 is 0 Å². The van der Waals surface area contributed by atoms with Crippen LogP contribution in [0.2, 0.25) is 0 Å². The van der Waals surface area contributed by atoms with Gasteiger partial charge in [0.25, 0.3) is 0 Å². The Hall–Kier alpha value is 0.150. The Labute approximate surface area is 54.9 Å². The van der Waals surface area contributed by atoms with Crippen molar-refractivity contribution in [3.63, 3.8) is 0 Å². The van der Waals surface area contributed by atoms with Crippen LogP contribution in [0.1, 0.15) is 26.7 Å². The van der Waals surface area contributed by atoms with Crippen LogP contribution in [0, 0.1) is 0 Å². The summed E-state index contributed by atoms with van der Waals surface area (Å²) in [6.45, 7) is 3.76. The molecule has 0 saturated heterocycles. The van der Waals surface area contributed by atoms with Crippen LogP contribution in [0.3, 0.4) is 0 Å². The third-order valence-corrected chi connectivity index (χ3v) is 0.789. The summed E-state index contributed by atoms with van der Waals surface area (Å²) in [7, 11) is 0. The molecular weight excluding hydrogens is 156 g/mol. The highest BCUT2D eigenvalue weighted by atomic mass is 79.9. The molecular formula is C5H11BrO. The standard InChI is InChI=1S/C5H10O.BrH/c1-3-5(6)4-2;/h3-4H2,1-2H3;1H. The second kappa shape index (κ2) is 6.15. The fourth-order valence-corrected chi connectivity index (χ4v) is 0.250. The molecule has 0 unspecified atom stereocenters. The van der Waals surface area contributed by atoms with Crippen molar-refractivity contribution in [1.29, 1.82) is 0 Å². The zero-order valence-electron chi connectivity index (χ0n) is 4.73. The predicted molar refractivity (Wildman–Crippen MR) is 35.9 cm³/mol. The van der Waals surface area contributed by atoms with Crippen LogP contribution in [0.5, 0.6) is 0 Å². The van der Waals surface area contributed by atoms with Gasteiger partial charge in [0, 0.05) is 12.8 Å². The number of rotatable bonds is 2. The van der Waals surface area contributed by atoms with E-state index in [-0.39, 0.29) is 17.0 Å². The number of carbonyl (C=O) groups excluding carboxylic acids is 1. The van der Waals surface area contributed by atoms with Crippen LogP contribution >= 0.6 is 17.0 Å². The highest BCUT2D eigenvalue weighted by Crippen LogP contribution is 1.82. The first-order valence-corrected chi connectivity index (χ1v) is 2.33. The molecule has 7 heavy (non-hydrogen) atoms. The number of carbonyl (C=O) groups is 1. The number of hydrogen-bond donors (Lipinski definition) is 0. The van der Waals surface area contributed by atoms with Crippen LogP contribution < -0.4 is 0 Å². The van der Waals surface area contributed by atoms with E-state index in [2.05, 4.69) is 0 Å². The molecule has 0 bridgehead atoms. The molecule has 0 fully saturated rings. The van der Waals surface area contributed by atoms with E-state index in [1.807, 2.05) is 13.8 Å². The molecule has 0 aromatic carbocycles. The van der Waals surface area contributed by atoms with E-state index in [9.17, 15) is 4.79 Å². The van der Waals surface area contributed by atoms with E-state index in [4.69, 9.17) is 0 Å². The quantitative estimate of drug-likeness (QED) is 0.614. The Morgan fingerprint density at radius 2 is 1.57 bits per heavy atom. The zero-order chi connectivity index (χ0) is 4.99. The first kappa shape index (κ1) is 10.2. The number of halogens is 1. The maximum absolute atomic E-state index is 10.2. The zero-order valence-corrected chi connectivity index (χ0v) is 6.44. The van der Waals surface area contributed by atoms with Gasteiger partial charge in [-0.1, -0.05) is 13.8 Å². The van der Waals surface area contributed by atoms with Gasteiger partial charge in [-0.3, -0.25) is 4.79 Å². The molecule has 0 N–H and O–H groups in total. The summed E-state index contributed by atoms with van der Waals surface area (Å²) >= 11 is 0. The number of Topliss-reactive ketones (excluding diaryl/α,β-unsaturated/α-hetero) is 1. The summed E-state index contributed by atoms with van der Waals surface area (Å²) < 4.78 is 0. The summed E-state index contributed by atoms with van der Waals surface area (Å²) in [6, 6.07) is 0. The molecule has 0 atom stereocenters. The summed E-state index contributed by atoms with van der Waals surface area (Å²) in [6.07, 6.45) is 1.38. The molecule has 2 heteroatoms. The maximum atomic E-state index is 10.2. The highest BCUT2D eigenvalue weighted by Gasteiger charge is 1.86. The molecule has 0 rings (SSSR count). The van der Waals surface area contributed by atoms with E-state index in [0.29, 0.717) is 18.6 Å². The first-order chi connectivity index (χ1) is 2.81. The molecule has 1 nitrogen and oxygen atoms in total. The molecule has 0 radical (unpaired) electrons. The third kappa shape index (κ3) is 6.15. The normalized spacial score (nSPS) is 7.14. The number of hydrogen-bond acceptors (Lipinski definition) is 1. The van der Waals surface area contributed by atoms with Crippen LogP contribution in [0.15, 0.2) is 0 Å². The molecule has 0 aliphatic heterocycles.